The average Bonchev–Trinajstić information content (AvgIpc) is 2.84. The Balaban J connectivity index is 1.91. The van der Waals surface area contributed by atoms with Crippen LogP contribution in [0.5, 0.6) is 0 Å². The number of ether oxygens (including phenoxy) is 1. The standard InChI is InChI=1S/C12H17N6O5PS/c1-7(2)22-24(25)20-6-12(16-17-14)8(23-24)5-10(21-12)18-4-3-9(13)15-11(18)19/h3-4,7-8,10H,5-6H2,1-2H3,(H2,13,15,19)/t8-,10+,12?,24?/m0/s1. The maximum atomic E-state index is 12.0. The normalized spacial score (nSPS) is 34.5. The van der Waals surface area contributed by atoms with Gasteiger partial charge in [-0.25, -0.2) is 4.79 Å². The lowest BCUT2D eigenvalue weighted by Gasteiger charge is -2.39. The molecule has 0 radical (unpaired) electrons. The quantitative estimate of drug-likeness (QED) is 0.355. The molecule has 0 bridgehead atoms. The molecule has 136 valence electrons. The van der Waals surface area contributed by atoms with Gasteiger partial charge < -0.3 is 24.0 Å². The Morgan fingerprint density at radius 2 is 2.44 bits per heavy atom. The summed E-state index contributed by atoms with van der Waals surface area (Å²) in [6.07, 6.45) is 0.00230. The van der Waals surface area contributed by atoms with Gasteiger partial charge >= 0.3 is 12.4 Å². The van der Waals surface area contributed by atoms with E-state index in [1.54, 1.807) is 0 Å². The second-order valence-electron chi connectivity index (χ2n) is 5.85. The molecule has 2 aliphatic rings. The van der Waals surface area contributed by atoms with Gasteiger partial charge in [0.25, 0.3) is 0 Å². The van der Waals surface area contributed by atoms with Crippen LogP contribution in [0.1, 0.15) is 26.5 Å². The zero-order valence-corrected chi connectivity index (χ0v) is 15.2. The number of nitrogens with zero attached hydrogens (tertiary/aromatic N) is 5. The smallest absolute Gasteiger partial charge is 0.351 e. The van der Waals surface area contributed by atoms with Crippen LogP contribution in [0.25, 0.3) is 10.4 Å². The van der Waals surface area contributed by atoms with E-state index in [1.165, 1.54) is 16.8 Å². The van der Waals surface area contributed by atoms with Crippen LogP contribution in [0.3, 0.4) is 0 Å². The highest BCUT2D eigenvalue weighted by Gasteiger charge is 2.56. The number of nitrogens with two attached hydrogens (primary N) is 1. The highest BCUT2D eigenvalue weighted by molar-refractivity contribution is 8.07. The molecule has 3 rings (SSSR count). The third-order valence-electron chi connectivity index (χ3n) is 3.66. The summed E-state index contributed by atoms with van der Waals surface area (Å²) < 4.78 is 24.0. The number of hydrogen-bond donors (Lipinski definition) is 1. The minimum atomic E-state index is -3.00. The lowest BCUT2D eigenvalue weighted by molar-refractivity contribution is -0.138. The maximum absolute atomic E-state index is 12.0. The molecule has 0 aromatic carbocycles. The van der Waals surface area contributed by atoms with Crippen molar-refractivity contribution in [1.82, 2.24) is 9.55 Å². The van der Waals surface area contributed by atoms with E-state index in [-0.39, 0.29) is 24.9 Å². The Hall–Kier alpha value is -1.52. The summed E-state index contributed by atoms with van der Waals surface area (Å²) in [6, 6.07) is 1.47. The van der Waals surface area contributed by atoms with Crippen LogP contribution >= 0.6 is 6.72 Å². The molecule has 0 saturated carbocycles. The summed E-state index contributed by atoms with van der Waals surface area (Å²) in [4.78, 5) is 18.5. The van der Waals surface area contributed by atoms with Gasteiger partial charge in [0.2, 0.25) is 0 Å². The van der Waals surface area contributed by atoms with Gasteiger partial charge in [-0.15, -0.1) is 0 Å². The molecule has 1 aromatic heterocycles. The van der Waals surface area contributed by atoms with E-state index in [4.69, 9.17) is 41.4 Å². The van der Waals surface area contributed by atoms with Crippen LogP contribution in [0.2, 0.25) is 0 Å². The van der Waals surface area contributed by atoms with Crippen LogP contribution in [0, 0.1) is 0 Å². The van der Waals surface area contributed by atoms with Crippen molar-refractivity contribution in [3.8, 4) is 0 Å². The summed E-state index contributed by atoms with van der Waals surface area (Å²) in [5, 5.41) is 3.71. The minimum Gasteiger partial charge on any atom is -0.383 e. The Labute approximate surface area is 147 Å². The monoisotopic (exact) mass is 388 g/mol. The molecule has 1 aromatic rings. The highest BCUT2D eigenvalue weighted by atomic mass is 32.5. The van der Waals surface area contributed by atoms with Crippen molar-refractivity contribution in [2.24, 2.45) is 5.11 Å². The molecular formula is C12H17N6O5PS. The molecule has 0 spiro atoms. The average molecular weight is 388 g/mol. The number of hydrogen-bond acceptors (Lipinski definition) is 9. The second kappa shape index (κ2) is 6.65. The first-order chi connectivity index (χ1) is 11.8. The number of fused-ring (bicyclic) bond motifs is 1. The molecule has 0 aliphatic carbocycles. The molecule has 2 aliphatic heterocycles. The van der Waals surface area contributed by atoms with Gasteiger partial charge in [-0.3, -0.25) is 4.57 Å². The topological polar surface area (TPSA) is 147 Å². The van der Waals surface area contributed by atoms with Gasteiger partial charge in [0, 0.05) is 17.5 Å². The zero-order valence-electron chi connectivity index (χ0n) is 13.5. The molecular weight excluding hydrogens is 371 g/mol. The molecule has 0 amide bonds. The van der Waals surface area contributed by atoms with E-state index in [0.717, 1.165) is 0 Å². The van der Waals surface area contributed by atoms with Crippen LogP contribution < -0.4 is 11.4 Å². The van der Waals surface area contributed by atoms with Crippen molar-refractivity contribution in [2.75, 3.05) is 12.3 Å². The lowest BCUT2D eigenvalue weighted by Crippen LogP contribution is -2.46. The van der Waals surface area contributed by atoms with E-state index in [0.29, 0.717) is 0 Å². The van der Waals surface area contributed by atoms with Crippen molar-refractivity contribution < 1.29 is 18.3 Å². The molecule has 2 unspecified atom stereocenters. The summed E-state index contributed by atoms with van der Waals surface area (Å²) >= 11 is 5.34. The van der Waals surface area contributed by atoms with Gasteiger partial charge in [-0.2, -0.15) is 4.98 Å². The lowest BCUT2D eigenvalue weighted by atomic mass is 10.1. The molecule has 4 atom stereocenters. The fourth-order valence-corrected chi connectivity index (χ4v) is 5.24. The highest BCUT2D eigenvalue weighted by Crippen LogP contribution is 2.60. The van der Waals surface area contributed by atoms with Crippen molar-refractivity contribution in [1.29, 1.82) is 0 Å². The largest absolute Gasteiger partial charge is 0.383 e. The second-order valence-corrected chi connectivity index (χ2v) is 8.77. The summed E-state index contributed by atoms with van der Waals surface area (Å²) in [5.74, 6) is 0.0989. The Kier molecular flexibility index (Phi) is 4.86. The zero-order chi connectivity index (χ0) is 18.2. The Morgan fingerprint density at radius 3 is 3.08 bits per heavy atom. The number of anilines is 1. The molecule has 2 saturated heterocycles. The Morgan fingerprint density at radius 1 is 1.68 bits per heavy atom. The third-order valence-corrected chi connectivity index (χ3v) is 6.13. The van der Waals surface area contributed by atoms with Gasteiger partial charge in [-0.05, 0) is 37.3 Å². The predicted molar refractivity (Wildman–Crippen MR) is 90.9 cm³/mol. The van der Waals surface area contributed by atoms with Crippen LogP contribution in [0.15, 0.2) is 22.2 Å². The van der Waals surface area contributed by atoms with Gasteiger partial charge in [0.1, 0.15) is 18.1 Å². The van der Waals surface area contributed by atoms with E-state index in [2.05, 4.69) is 15.0 Å². The van der Waals surface area contributed by atoms with Gasteiger partial charge in [0.05, 0.1) is 12.7 Å². The van der Waals surface area contributed by atoms with Crippen LogP contribution in [-0.4, -0.2) is 34.1 Å². The molecule has 13 heteroatoms. The fraction of sp³-hybridized carbons (Fsp3) is 0.667. The number of nitrogen functional groups attached to an aromatic ring is 1. The molecule has 25 heavy (non-hydrogen) atoms. The number of aromatic nitrogens is 2. The molecule has 2 N–H and O–H groups in total. The summed E-state index contributed by atoms with van der Waals surface area (Å²) in [7, 11) is 0. The van der Waals surface area contributed by atoms with Crippen LogP contribution in [0.4, 0.5) is 5.82 Å². The molecule has 2 fully saturated rings. The fourth-order valence-electron chi connectivity index (χ4n) is 2.66. The minimum absolute atomic E-state index is 0.0989. The SMILES string of the molecule is CC(C)OP1(=S)OCC2(N=[N+]=[N-])O[C@@H](n3ccc(N)nc3=O)C[C@@H]2O1. The Bertz CT molecular complexity index is 826. The van der Waals surface area contributed by atoms with Gasteiger partial charge in [0.15, 0.2) is 5.72 Å². The van der Waals surface area contributed by atoms with Crippen molar-refractivity contribution in [3.05, 3.63) is 33.2 Å². The predicted octanol–water partition coefficient (Wildman–Crippen LogP) is 1.82. The molecule has 11 nitrogen and oxygen atoms in total. The van der Waals surface area contributed by atoms with E-state index < -0.39 is 30.5 Å². The number of rotatable bonds is 4. The van der Waals surface area contributed by atoms with Crippen LogP contribution in [-0.2, 0) is 30.1 Å². The van der Waals surface area contributed by atoms with E-state index >= 15 is 0 Å². The van der Waals surface area contributed by atoms with E-state index in [9.17, 15) is 4.79 Å². The van der Waals surface area contributed by atoms with Gasteiger partial charge in [-0.1, -0.05) is 5.11 Å². The number of azide groups is 1. The summed E-state index contributed by atoms with van der Waals surface area (Å²) in [6.45, 7) is 0.496. The van der Waals surface area contributed by atoms with E-state index in [1.807, 2.05) is 13.8 Å². The first-order valence-electron chi connectivity index (χ1n) is 7.47. The van der Waals surface area contributed by atoms with Crippen molar-refractivity contribution >= 4 is 24.3 Å². The molecule has 3 heterocycles. The summed E-state index contributed by atoms with van der Waals surface area (Å²) in [5.41, 5.74) is 12.4. The first kappa shape index (κ1) is 18.3. The third kappa shape index (κ3) is 3.56. The first-order valence-corrected chi connectivity index (χ1v) is 10.0. The van der Waals surface area contributed by atoms with Crippen molar-refractivity contribution in [3.63, 3.8) is 0 Å². The van der Waals surface area contributed by atoms with Crippen molar-refractivity contribution in [2.45, 2.75) is 44.4 Å². The maximum Gasteiger partial charge on any atom is 0.351 e.